The summed E-state index contributed by atoms with van der Waals surface area (Å²) in [6.07, 6.45) is 0.0931. The minimum atomic E-state index is -1.37. The van der Waals surface area contributed by atoms with Crippen molar-refractivity contribution >= 4 is 33.6 Å². The van der Waals surface area contributed by atoms with Crippen molar-refractivity contribution in [1.82, 2.24) is 4.90 Å². The summed E-state index contributed by atoms with van der Waals surface area (Å²) >= 11 is 3.62. The van der Waals surface area contributed by atoms with E-state index in [1.54, 1.807) is 0 Å². The van der Waals surface area contributed by atoms with E-state index in [4.69, 9.17) is 19.6 Å². The standard InChI is InChI=1S/C29H27BrN2O5/c1-19(34)32-18-22-8-2-4-9-24(22)26-29(28(32)35,17-21-7-3-5-10-25(21)30)31-27(37-26)20-11-13-23(14-12-20)36-16-6-15-33/h2-5,7-14,26,33H,6,15-18H2,1H3/t26-,29-/m1/s1. The number of hydrogen-bond acceptors (Lipinski definition) is 6. The Hall–Kier alpha value is -3.49. The van der Waals surface area contributed by atoms with Crippen molar-refractivity contribution in [2.45, 2.75) is 38.0 Å². The van der Waals surface area contributed by atoms with Crippen molar-refractivity contribution in [3.8, 4) is 5.75 Å². The first kappa shape index (κ1) is 25.2. The average molecular weight is 563 g/mol. The van der Waals surface area contributed by atoms with Crippen LogP contribution in [0, 0.1) is 0 Å². The Bertz CT molecular complexity index is 1360. The average Bonchev–Trinajstić information content (AvgIpc) is 3.25. The van der Waals surface area contributed by atoms with E-state index >= 15 is 0 Å². The maximum absolute atomic E-state index is 14.2. The van der Waals surface area contributed by atoms with E-state index in [9.17, 15) is 9.59 Å². The normalized spacial score (nSPS) is 20.4. The second kappa shape index (κ2) is 10.5. The second-order valence-corrected chi connectivity index (χ2v) is 10.0. The number of amides is 2. The number of hydrogen-bond donors (Lipinski definition) is 1. The zero-order chi connectivity index (χ0) is 26.0. The molecule has 1 N–H and O–H groups in total. The topological polar surface area (TPSA) is 88.4 Å². The van der Waals surface area contributed by atoms with Gasteiger partial charge in [-0.25, -0.2) is 4.99 Å². The van der Waals surface area contributed by atoms with Gasteiger partial charge in [0.2, 0.25) is 11.8 Å². The third kappa shape index (κ3) is 4.79. The number of nitrogens with zero attached hydrogens (tertiary/aromatic N) is 2. The number of carbonyl (C=O) groups excluding carboxylic acids is 2. The molecule has 3 aromatic carbocycles. The molecule has 0 aromatic heterocycles. The van der Waals surface area contributed by atoms with E-state index in [-0.39, 0.29) is 31.4 Å². The number of aliphatic hydroxyl groups excluding tert-OH is 1. The van der Waals surface area contributed by atoms with E-state index in [0.717, 1.165) is 21.2 Å². The number of aliphatic imine (C=N–C) groups is 1. The van der Waals surface area contributed by atoms with Crippen molar-refractivity contribution in [3.05, 3.63) is 99.5 Å². The van der Waals surface area contributed by atoms with Gasteiger partial charge < -0.3 is 14.6 Å². The maximum atomic E-state index is 14.2. The first-order chi connectivity index (χ1) is 17.9. The van der Waals surface area contributed by atoms with Gasteiger partial charge in [0.1, 0.15) is 5.75 Å². The zero-order valence-corrected chi connectivity index (χ0v) is 22.0. The molecule has 0 bridgehead atoms. The fourth-order valence-electron chi connectivity index (χ4n) is 4.84. The lowest BCUT2D eigenvalue weighted by atomic mass is 9.81. The van der Waals surface area contributed by atoms with E-state index in [1.165, 1.54) is 11.8 Å². The molecule has 190 valence electrons. The molecule has 8 heteroatoms. The summed E-state index contributed by atoms with van der Waals surface area (Å²) in [5.74, 6) is 0.292. The van der Waals surface area contributed by atoms with Gasteiger partial charge in [-0.2, -0.15) is 0 Å². The van der Waals surface area contributed by atoms with Crippen LogP contribution in [0.5, 0.6) is 5.75 Å². The first-order valence-corrected chi connectivity index (χ1v) is 13.0. The van der Waals surface area contributed by atoms with Crippen molar-refractivity contribution < 1.29 is 24.2 Å². The van der Waals surface area contributed by atoms with E-state index in [1.807, 2.05) is 72.8 Å². The van der Waals surface area contributed by atoms with Crippen molar-refractivity contribution in [3.63, 3.8) is 0 Å². The highest BCUT2D eigenvalue weighted by atomic mass is 79.9. The number of rotatable bonds is 7. The largest absolute Gasteiger partial charge is 0.494 e. The molecule has 0 radical (unpaired) electrons. The maximum Gasteiger partial charge on any atom is 0.262 e. The predicted octanol–water partition coefficient (Wildman–Crippen LogP) is 4.60. The van der Waals surface area contributed by atoms with Crippen LogP contribution in [0.25, 0.3) is 0 Å². The Morgan fingerprint density at radius 1 is 1.14 bits per heavy atom. The van der Waals surface area contributed by atoms with Crippen LogP contribution in [-0.4, -0.2) is 46.5 Å². The van der Waals surface area contributed by atoms with Gasteiger partial charge >= 0.3 is 0 Å². The number of carbonyl (C=O) groups is 2. The number of ether oxygens (including phenoxy) is 2. The predicted molar refractivity (Wildman–Crippen MR) is 142 cm³/mol. The highest BCUT2D eigenvalue weighted by molar-refractivity contribution is 9.10. The SMILES string of the molecule is CC(=O)N1Cc2ccccc2[C@H]2OC(c3ccc(OCCCO)cc3)=N[C@@]2(Cc2ccccc2Br)C1=O. The lowest BCUT2D eigenvalue weighted by Gasteiger charge is -2.31. The summed E-state index contributed by atoms with van der Waals surface area (Å²) in [6.45, 7) is 2.06. The van der Waals surface area contributed by atoms with Crippen molar-refractivity contribution in [2.75, 3.05) is 13.2 Å². The molecule has 37 heavy (non-hydrogen) atoms. The summed E-state index contributed by atoms with van der Waals surface area (Å²) in [7, 11) is 0. The quantitative estimate of drug-likeness (QED) is 0.425. The molecule has 5 rings (SSSR count). The van der Waals surface area contributed by atoms with E-state index in [0.29, 0.717) is 30.2 Å². The van der Waals surface area contributed by atoms with Gasteiger partial charge in [-0.05, 0) is 41.5 Å². The van der Waals surface area contributed by atoms with E-state index in [2.05, 4.69) is 15.9 Å². The monoisotopic (exact) mass is 562 g/mol. The van der Waals surface area contributed by atoms with Crippen LogP contribution in [0.15, 0.2) is 82.3 Å². The molecule has 0 fully saturated rings. The first-order valence-electron chi connectivity index (χ1n) is 12.2. The fraction of sp³-hybridized carbons (Fsp3) is 0.276. The van der Waals surface area contributed by atoms with Crippen LogP contribution in [-0.2, 0) is 27.3 Å². The number of imide groups is 1. The minimum Gasteiger partial charge on any atom is -0.494 e. The molecular formula is C29H27BrN2O5. The minimum absolute atomic E-state index is 0.0660. The van der Waals surface area contributed by atoms with Crippen molar-refractivity contribution in [1.29, 1.82) is 0 Å². The number of halogens is 1. The molecule has 7 nitrogen and oxygen atoms in total. The summed E-state index contributed by atoms with van der Waals surface area (Å²) in [5, 5.41) is 8.98. The molecule has 2 aliphatic heterocycles. The van der Waals surface area contributed by atoms with Crippen molar-refractivity contribution in [2.24, 2.45) is 4.99 Å². The summed E-state index contributed by atoms with van der Waals surface area (Å²) in [4.78, 5) is 33.2. The molecular weight excluding hydrogens is 536 g/mol. The fourth-order valence-corrected chi connectivity index (χ4v) is 5.27. The van der Waals surface area contributed by atoms with Gasteiger partial charge in [-0.3, -0.25) is 14.5 Å². The van der Waals surface area contributed by atoms with Crippen LogP contribution in [0.3, 0.4) is 0 Å². The molecule has 3 aromatic rings. The Balaban J connectivity index is 1.62. The van der Waals surface area contributed by atoms with Gasteiger partial charge in [0.05, 0.1) is 13.2 Å². The molecule has 0 saturated carbocycles. The molecule has 0 spiro atoms. The van der Waals surface area contributed by atoms with Gasteiger partial charge in [-0.15, -0.1) is 0 Å². The molecule has 0 aliphatic carbocycles. The highest BCUT2D eigenvalue weighted by Gasteiger charge is 2.57. The van der Waals surface area contributed by atoms with Crippen LogP contribution in [0.4, 0.5) is 0 Å². The molecule has 0 unspecified atom stereocenters. The third-order valence-electron chi connectivity index (χ3n) is 6.72. The molecule has 2 amide bonds. The lowest BCUT2D eigenvalue weighted by molar-refractivity contribution is -0.149. The third-order valence-corrected chi connectivity index (χ3v) is 7.49. The molecule has 2 aliphatic rings. The lowest BCUT2D eigenvalue weighted by Crippen LogP contribution is -2.51. The summed E-state index contributed by atoms with van der Waals surface area (Å²) in [6, 6.07) is 22.7. The molecule has 0 saturated heterocycles. The Morgan fingerprint density at radius 3 is 2.59 bits per heavy atom. The smallest absolute Gasteiger partial charge is 0.262 e. The van der Waals surface area contributed by atoms with Crippen LogP contribution < -0.4 is 4.74 Å². The molecule has 2 atom stereocenters. The van der Waals surface area contributed by atoms with Gasteiger partial charge in [0.25, 0.3) is 5.91 Å². The Morgan fingerprint density at radius 2 is 1.86 bits per heavy atom. The Kier molecular flexibility index (Phi) is 7.13. The number of fused-ring (bicyclic) bond motifs is 3. The van der Waals surface area contributed by atoms with Gasteiger partial charge in [-0.1, -0.05) is 58.4 Å². The molecule has 2 heterocycles. The van der Waals surface area contributed by atoms with Crippen LogP contribution >= 0.6 is 15.9 Å². The van der Waals surface area contributed by atoms with Crippen LogP contribution in [0.1, 0.15) is 41.7 Å². The van der Waals surface area contributed by atoms with Gasteiger partial charge in [0, 0.05) is 42.0 Å². The van der Waals surface area contributed by atoms with E-state index < -0.39 is 11.6 Å². The number of benzene rings is 3. The zero-order valence-electron chi connectivity index (χ0n) is 20.4. The summed E-state index contributed by atoms with van der Waals surface area (Å²) < 4.78 is 13.0. The Labute approximate surface area is 223 Å². The highest BCUT2D eigenvalue weighted by Crippen LogP contribution is 2.47. The van der Waals surface area contributed by atoms with Gasteiger partial charge in [0.15, 0.2) is 11.6 Å². The second-order valence-electron chi connectivity index (χ2n) is 9.17. The summed E-state index contributed by atoms with van der Waals surface area (Å²) in [5.41, 5.74) is 1.93. The number of aliphatic hydroxyl groups is 1. The van der Waals surface area contributed by atoms with Crippen LogP contribution in [0.2, 0.25) is 0 Å².